The minimum atomic E-state index is -0.580. The first-order valence-corrected chi connectivity index (χ1v) is 17.7. The van der Waals surface area contributed by atoms with E-state index in [-0.39, 0.29) is 29.7 Å². The number of amides is 1. The molecule has 2 aromatic carbocycles. The molecular formula is C46H37N2O+. The molecule has 3 heteroatoms. The van der Waals surface area contributed by atoms with Crippen molar-refractivity contribution in [2.24, 2.45) is 23.2 Å². The van der Waals surface area contributed by atoms with Crippen molar-refractivity contribution in [3.8, 4) is 11.1 Å². The lowest BCUT2D eigenvalue weighted by atomic mass is 9.59. The maximum Gasteiger partial charge on any atom is 0.281 e. The molecule has 2 atom stereocenters. The van der Waals surface area contributed by atoms with E-state index in [1.165, 1.54) is 55.7 Å². The lowest BCUT2D eigenvalue weighted by Crippen LogP contribution is -2.49. The summed E-state index contributed by atoms with van der Waals surface area (Å²) in [6, 6.07) is 17.2. The second-order valence-corrected chi connectivity index (χ2v) is 14.0. The SMILES string of the molecule is O=C1CC(C2(C3=CC=CC3)C(C3=CC=CC3)=C(C3C=CC=C3)C(C3C=CC=C3)=C2C2C=CC=C2)[N+](=C2c3ccccc3-c3ccccc32)N1. The van der Waals surface area contributed by atoms with Crippen LogP contribution in [0.4, 0.5) is 0 Å². The van der Waals surface area contributed by atoms with Crippen molar-refractivity contribution in [3.63, 3.8) is 0 Å². The number of fused-ring (bicyclic) bond motifs is 3. The molecule has 1 amide bonds. The number of carbonyl (C=O) groups excluding carboxylic acids is 1. The van der Waals surface area contributed by atoms with Gasteiger partial charge in [-0.15, -0.1) is 10.1 Å². The zero-order chi connectivity index (χ0) is 32.5. The predicted octanol–water partition coefficient (Wildman–Crippen LogP) is 8.91. The molecule has 3 nitrogen and oxygen atoms in total. The lowest BCUT2D eigenvalue weighted by Gasteiger charge is -2.41. The fourth-order valence-corrected chi connectivity index (χ4v) is 9.89. The van der Waals surface area contributed by atoms with Crippen molar-refractivity contribution in [1.82, 2.24) is 5.43 Å². The third-order valence-electron chi connectivity index (χ3n) is 11.6. The van der Waals surface area contributed by atoms with Gasteiger partial charge in [0.15, 0.2) is 0 Å². The highest BCUT2D eigenvalue weighted by molar-refractivity contribution is 6.22. The van der Waals surface area contributed by atoms with Gasteiger partial charge < -0.3 is 0 Å². The lowest BCUT2D eigenvalue weighted by molar-refractivity contribution is -0.602. The van der Waals surface area contributed by atoms with Crippen LogP contribution in [-0.4, -0.2) is 22.3 Å². The highest BCUT2D eigenvalue weighted by Crippen LogP contribution is 2.65. The second-order valence-electron chi connectivity index (χ2n) is 14.0. The van der Waals surface area contributed by atoms with Crippen molar-refractivity contribution >= 4 is 11.6 Å². The van der Waals surface area contributed by atoms with E-state index in [0.717, 1.165) is 18.6 Å². The van der Waals surface area contributed by atoms with Gasteiger partial charge in [0.1, 0.15) is 5.41 Å². The number of rotatable bonds is 6. The zero-order valence-corrected chi connectivity index (χ0v) is 27.3. The first kappa shape index (κ1) is 28.5. The number of carbonyl (C=O) groups is 1. The van der Waals surface area contributed by atoms with Crippen LogP contribution in [0.25, 0.3) is 11.1 Å². The molecule has 0 radical (unpaired) electrons. The Kier molecular flexibility index (Phi) is 6.39. The summed E-state index contributed by atoms with van der Waals surface area (Å²) in [5, 5.41) is 0. The number of hydrogen-bond donors (Lipinski definition) is 1. The Labute approximate surface area is 287 Å². The first-order chi connectivity index (χ1) is 24.2. The molecule has 0 saturated carbocycles. The van der Waals surface area contributed by atoms with Crippen LogP contribution in [0, 0.1) is 23.2 Å². The van der Waals surface area contributed by atoms with E-state index in [2.05, 4.69) is 168 Å². The summed E-state index contributed by atoms with van der Waals surface area (Å²) in [6.07, 6.45) is 43.3. The molecule has 2 unspecified atom stereocenters. The molecule has 7 aliphatic carbocycles. The van der Waals surface area contributed by atoms with Crippen LogP contribution in [0.1, 0.15) is 30.4 Å². The molecule has 2 aromatic rings. The van der Waals surface area contributed by atoms with E-state index < -0.39 is 5.41 Å². The minimum absolute atomic E-state index is 0.0661. The summed E-state index contributed by atoms with van der Waals surface area (Å²) in [7, 11) is 0. The smallest absolute Gasteiger partial charge is 0.269 e. The number of benzene rings is 2. The number of hydrazine groups is 1. The van der Waals surface area contributed by atoms with Crippen molar-refractivity contribution < 1.29 is 9.48 Å². The Balaban J connectivity index is 1.36. The Morgan fingerprint density at radius 1 is 0.612 bits per heavy atom. The van der Waals surface area contributed by atoms with E-state index >= 15 is 0 Å². The van der Waals surface area contributed by atoms with E-state index in [1.54, 1.807) is 0 Å². The third-order valence-corrected chi connectivity index (χ3v) is 11.6. The van der Waals surface area contributed by atoms with Gasteiger partial charge >= 0.3 is 0 Å². The number of hydrogen-bond acceptors (Lipinski definition) is 1. The van der Waals surface area contributed by atoms with Gasteiger partial charge in [0, 0.05) is 17.8 Å². The maximum atomic E-state index is 14.2. The van der Waals surface area contributed by atoms with Gasteiger partial charge in [-0.05, 0) is 69.5 Å². The summed E-state index contributed by atoms with van der Waals surface area (Å²) in [6.45, 7) is 0. The van der Waals surface area contributed by atoms with Crippen LogP contribution in [0.15, 0.2) is 191 Å². The highest BCUT2D eigenvalue weighted by Gasteiger charge is 2.64. The van der Waals surface area contributed by atoms with Crippen molar-refractivity contribution in [2.45, 2.75) is 25.3 Å². The van der Waals surface area contributed by atoms with Gasteiger partial charge in [0.05, 0.1) is 17.5 Å². The van der Waals surface area contributed by atoms with Gasteiger partial charge in [0.25, 0.3) is 5.91 Å². The summed E-state index contributed by atoms with van der Waals surface area (Å²) < 4.78 is 2.30. The highest BCUT2D eigenvalue weighted by atomic mass is 16.2. The number of nitrogens with one attached hydrogen (secondary N) is 1. The first-order valence-electron chi connectivity index (χ1n) is 17.7. The molecule has 1 heterocycles. The van der Waals surface area contributed by atoms with Gasteiger partial charge in [-0.2, -0.15) is 0 Å². The standard InChI is InChI=1S/C46H36N2O/c49-40-29-39(48(47-40)45-37-27-13-11-25-35(37)36-26-12-14-28-38(36)45)46(34-23-9-10-24-34)43(32-19-5-6-20-32)41(30-15-1-2-16-30)42(31-17-3-4-18-31)44(46)33-21-7-8-22-33/h1-21,23,25-28,30-32,39H,22,24,29H2/p+1. The molecule has 49 heavy (non-hydrogen) atoms. The van der Waals surface area contributed by atoms with Gasteiger partial charge in [-0.25, -0.2) is 0 Å². The number of hydrazone groups is 1. The second kappa shape index (κ2) is 11.0. The molecule has 236 valence electrons. The van der Waals surface area contributed by atoms with E-state index in [0.29, 0.717) is 6.42 Å². The van der Waals surface area contributed by atoms with Crippen molar-refractivity contribution in [2.75, 3.05) is 0 Å². The van der Waals surface area contributed by atoms with Crippen LogP contribution in [0.2, 0.25) is 0 Å². The van der Waals surface area contributed by atoms with Crippen molar-refractivity contribution in [3.05, 3.63) is 202 Å². The van der Waals surface area contributed by atoms with E-state index in [4.69, 9.17) is 0 Å². The monoisotopic (exact) mass is 633 g/mol. The molecule has 1 fully saturated rings. The van der Waals surface area contributed by atoms with Gasteiger partial charge in [-0.3, -0.25) is 4.79 Å². The van der Waals surface area contributed by atoms with Crippen LogP contribution < -0.4 is 5.43 Å². The van der Waals surface area contributed by atoms with Crippen LogP contribution in [-0.2, 0) is 4.79 Å². The van der Waals surface area contributed by atoms with Crippen molar-refractivity contribution in [1.29, 1.82) is 0 Å². The van der Waals surface area contributed by atoms with Crippen LogP contribution in [0.3, 0.4) is 0 Å². The topological polar surface area (TPSA) is 32.1 Å². The Bertz CT molecular complexity index is 2180. The van der Waals surface area contributed by atoms with Crippen LogP contribution in [0.5, 0.6) is 0 Å². The largest absolute Gasteiger partial charge is 0.281 e. The quantitative estimate of drug-likeness (QED) is 0.270. The summed E-state index contributed by atoms with van der Waals surface area (Å²) in [5.74, 6) is 0.461. The zero-order valence-electron chi connectivity index (χ0n) is 27.3. The Hall–Kier alpha value is -5.54. The summed E-state index contributed by atoms with van der Waals surface area (Å²) in [5.41, 5.74) is 17.2. The normalized spacial score (nSPS) is 26.5. The molecule has 1 N–H and O–H groups in total. The van der Waals surface area contributed by atoms with Gasteiger partial charge in [0.2, 0.25) is 11.8 Å². The predicted molar refractivity (Wildman–Crippen MR) is 197 cm³/mol. The molecule has 1 saturated heterocycles. The molecule has 8 aliphatic rings. The Morgan fingerprint density at radius 3 is 1.73 bits per heavy atom. The molecule has 1 aliphatic heterocycles. The fourth-order valence-electron chi connectivity index (χ4n) is 9.89. The third kappa shape index (κ3) is 4.02. The average Bonchev–Trinajstić information content (AvgIpc) is 3.98. The molecule has 0 bridgehead atoms. The molecular weight excluding hydrogens is 597 g/mol. The Morgan fingerprint density at radius 2 is 1.16 bits per heavy atom. The van der Waals surface area contributed by atoms with E-state index in [9.17, 15) is 4.79 Å². The minimum Gasteiger partial charge on any atom is -0.269 e. The van der Waals surface area contributed by atoms with Gasteiger partial charge in [-0.1, -0.05) is 146 Å². The molecule has 0 spiro atoms. The fraction of sp³-hybridized carbons (Fsp3) is 0.174. The summed E-state index contributed by atoms with van der Waals surface area (Å²) >= 11 is 0. The average molecular weight is 634 g/mol. The van der Waals surface area contributed by atoms with Crippen LogP contribution >= 0.6 is 0 Å². The number of allylic oxidation sites excluding steroid dienone is 21. The maximum absolute atomic E-state index is 14.2. The number of nitrogens with zero attached hydrogens (tertiary/aromatic N) is 1. The molecule has 10 rings (SSSR count). The molecule has 0 aromatic heterocycles. The summed E-state index contributed by atoms with van der Waals surface area (Å²) in [4.78, 5) is 14.2. The van der Waals surface area contributed by atoms with E-state index in [1.807, 2.05) is 0 Å².